The Bertz CT molecular complexity index is 4030. The number of fused-ring (bicyclic) bond motifs is 17. The number of nitriles is 2. The van der Waals surface area contributed by atoms with Gasteiger partial charge in [0.2, 0.25) is 0 Å². The van der Waals surface area contributed by atoms with Crippen molar-refractivity contribution >= 4 is 65.4 Å². The van der Waals surface area contributed by atoms with Crippen molar-refractivity contribution in [3.63, 3.8) is 0 Å². The summed E-state index contributed by atoms with van der Waals surface area (Å²) in [6, 6.07) is 68.2. The smallest absolute Gasteiger partial charge is 0.101 e. The van der Waals surface area contributed by atoms with Crippen molar-refractivity contribution < 1.29 is 0 Å². The Labute approximate surface area is 387 Å². The molecule has 0 atom stereocenters. The van der Waals surface area contributed by atoms with E-state index in [1.54, 1.807) is 0 Å². The molecular formula is C62H41N5. The summed E-state index contributed by atoms with van der Waals surface area (Å²) in [5, 5.41) is 30.0. The van der Waals surface area contributed by atoms with Crippen molar-refractivity contribution in [2.45, 2.75) is 38.5 Å². The van der Waals surface area contributed by atoms with Crippen molar-refractivity contribution in [1.29, 1.82) is 10.5 Å². The minimum absolute atomic E-state index is 0.291. The second-order valence-electron chi connectivity index (χ2n) is 19.4. The molecule has 0 N–H and O–H groups in total. The topological polar surface area (TPSA) is 62.4 Å². The molecule has 3 aromatic heterocycles. The van der Waals surface area contributed by atoms with Crippen LogP contribution in [0.25, 0.3) is 105 Å². The van der Waals surface area contributed by atoms with E-state index in [1.165, 1.54) is 55.3 Å². The lowest BCUT2D eigenvalue weighted by Crippen LogP contribution is -2.16. The van der Waals surface area contributed by atoms with Crippen LogP contribution in [0.1, 0.15) is 61.1 Å². The van der Waals surface area contributed by atoms with Gasteiger partial charge >= 0.3 is 0 Å². The van der Waals surface area contributed by atoms with Gasteiger partial charge in [-0.2, -0.15) is 10.5 Å². The first-order valence-corrected chi connectivity index (χ1v) is 23.1. The maximum absolute atomic E-state index is 11.6. The Morgan fingerprint density at radius 3 is 1.10 bits per heavy atom. The molecule has 5 heteroatoms. The molecule has 0 unspecified atom stereocenters. The second kappa shape index (κ2) is 13.0. The highest BCUT2D eigenvalue weighted by Crippen LogP contribution is 2.56. The lowest BCUT2D eigenvalue weighted by atomic mass is 9.80. The number of rotatable bonds is 3. The molecule has 67 heavy (non-hydrogen) atoms. The van der Waals surface area contributed by atoms with Gasteiger partial charge in [0.05, 0.1) is 61.3 Å². The van der Waals surface area contributed by atoms with E-state index in [1.807, 2.05) is 6.07 Å². The number of aromatic nitrogens is 3. The summed E-state index contributed by atoms with van der Waals surface area (Å²) in [5.41, 5.74) is 18.6. The summed E-state index contributed by atoms with van der Waals surface area (Å²) in [6.07, 6.45) is 0. The molecule has 0 spiro atoms. The van der Waals surface area contributed by atoms with Gasteiger partial charge in [0, 0.05) is 43.1 Å². The van der Waals surface area contributed by atoms with Crippen molar-refractivity contribution in [3.8, 4) is 51.5 Å². The SMILES string of the molecule is CC1(C)c2ccccc2-c2ccc3c(c21)c1ccccc1n3-c1c(C#N)cc(C#N)c(-n2c3ccccc3c3c4c(ccc32)-c2ccccc2C4(C)C)c1-n1c2ccccc2c2ccccc21. The average Bonchev–Trinajstić information content (AvgIpc) is 4.11. The molecular weight excluding hydrogens is 815 g/mol. The van der Waals surface area contributed by atoms with E-state index in [-0.39, 0.29) is 10.8 Å². The number of hydrogen-bond donors (Lipinski definition) is 0. The Hall–Kier alpha value is -8.64. The van der Waals surface area contributed by atoms with E-state index in [2.05, 4.69) is 223 Å². The van der Waals surface area contributed by atoms with Crippen molar-refractivity contribution in [3.05, 3.63) is 209 Å². The van der Waals surface area contributed by atoms with Crippen LogP contribution in [0.5, 0.6) is 0 Å². The lowest BCUT2D eigenvalue weighted by molar-refractivity contribution is 0.666. The Morgan fingerprint density at radius 2 is 0.687 bits per heavy atom. The van der Waals surface area contributed by atoms with E-state index in [9.17, 15) is 10.5 Å². The van der Waals surface area contributed by atoms with Gasteiger partial charge in [-0.15, -0.1) is 0 Å². The minimum atomic E-state index is -0.291. The predicted molar refractivity (Wildman–Crippen MR) is 274 cm³/mol. The third-order valence-corrected chi connectivity index (χ3v) is 15.4. The molecule has 2 aliphatic carbocycles. The second-order valence-corrected chi connectivity index (χ2v) is 19.4. The van der Waals surface area contributed by atoms with Crippen molar-refractivity contribution in [2.24, 2.45) is 0 Å². The molecule has 0 fully saturated rings. The molecule has 9 aromatic carbocycles. The Balaban J connectivity index is 1.22. The van der Waals surface area contributed by atoms with Crippen LogP contribution in [0.15, 0.2) is 176 Å². The molecule has 0 aliphatic heterocycles. The predicted octanol–water partition coefficient (Wildman–Crippen LogP) is 15.3. The largest absolute Gasteiger partial charge is 0.306 e. The van der Waals surface area contributed by atoms with Crippen LogP contribution in [-0.4, -0.2) is 13.7 Å². The van der Waals surface area contributed by atoms with Gasteiger partial charge < -0.3 is 13.7 Å². The van der Waals surface area contributed by atoms with E-state index < -0.39 is 0 Å². The minimum Gasteiger partial charge on any atom is -0.306 e. The zero-order valence-electron chi connectivity index (χ0n) is 37.5. The van der Waals surface area contributed by atoms with Gasteiger partial charge in [0.25, 0.3) is 0 Å². The summed E-state index contributed by atoms with van der Waals surface area (Å²) >= 11 is 0. The van der Waals surface area contributed by atoms with E-state index in [0.717, 1.165) is 71.7 Å². The quantitative estimate of drug-likeness (QED) is 0.178. The zero-order chi connectivity index (χ0) is 45.1. The van der Waals surface area contributed by atoms with E-state index >= 15 is 0 Å². The van der Waals surface area contributed by atoms with Gasteiger partial charge in [-0.1, -0.05) is 161 Å². The molecule has 12 aromatic rings. The fourth-order valence-corrected chi connectivity index (χ4v) is 12.8. The third kappa shape index (κ3) is 4.61. The third-order valence-electron chi connectivity index (χ3n) is 15.4. The highest BCUT2D eigenvalue weighted by Gasteiger charge is 2.41. The molecule has 2 aliphatic rings. The number of nitrogens with zero attached hydrogens (tertiary/aromatic N) is 5. The van der Waals surface area contributed by atoms with Crippen molar-refractivity contribution in [1.82, 2.24) is 13.7 Å². The first-order valence-electron chi connectivity index (χ1n) is 23.1. The van der Waals surface area contributed by atoms with Crippen LogP contribution in [-0.2, 0) is 10.8 Å². The lowest BCUT2D eigenvalue weighted by Gasteiger charge is -2.25. The number of benzene rings is 9. The summed E-state index contributed by atoms with van der Waals surface area (Å²) in [4.78, 5) is 0. The molecule has 0 saturated heterocycles. The Kier molecular flexibility index (Phi) is 7.32. The fourth-order valence-electron chi connectivity index (χ4n) is 12.8. The van der Waals surface area contributed by atoms with Crippen LogP contribution in [0.2, 0.25) is 0 Å². The maximum atomic E-state index is 11.6. The van der Waals surface area contributed by atoms with E-state index in [4.69, 9.17) is 0 Å². The number of hydrogen-bond acceptors (Lipinski definition) is 2. The molecule has 0 amide bonds. The van der Waals surface area contributed by atoms with Gasteiger partial charge in [0.15, 0.2) is 0 Å². The normalized spacial score (nSPS) is 14.2. The standard InChI is InChI=1S/C62H41N5/c1-61(2)46-23-11-5-17-38(46)42-29-31-52-54(56(42)61)44-21-9-15-27-50(44)66(52)58-36(34-63)33-37(35-64)59(60(58)65-48-25-13-7-19-40(48)41-20-8-14-26-49(41)65)67-51-28-16-10-22-45(51)55-53(67)32-30-43-39-18-6-12-24-47(39)62(3,4)57(43)55/h5-33H,1-4H3. The first-order chi connectivity index (χ1) is 32.7. The number of para-hydroxylation sites is 4. The maximum Gasteiger partial charge on any atom is 0.101 e. The highest BCUT2D eigenvalue weighted by atomic mass is 15.1. The Morgan fingerprint density at radius 1 is 0.343 bits per heavy atom. The summed E-state index contributed by atoms with van der Waals surface area (Å²) in [6.45, 7) is 9.36. The van der Waals surface area contributed by atoms with E-state index in [0.29, 0.717) is 11.1 Å². The molecule has 0 radical (unpaired) electrons. The van der Waals surface area contributed by atoms with Crippen LogP contribution in [0.4, 0.5) is 0 Å². The molecule has 5 nitrogen and oxygen atoms in total. The molecule has 0 bridgehead atoms. The summed E-state index contributed by atoms with van der Waals surface area (Å²) < 4.78 is 6.99. The highest BCUT2D eigenvalue weighted by molar-refractivity contribution is 6.18. The van der Waals surface area contributed by atoms with Gasteiger partial charge in [0.1, 0.15) is 12.1 Å². The summed E-state index contributed by atoms with van der Waals surface area (Å²) in [7, 11) is 0. The summed E-state index contributed by atoms with van der Waals surface area (Å²) in [5.74, 6) is 0. The van der Waals surface area contributed by atoms with Crippen molar-refractivity contribution in [2.75, 3.05) is 0 Å². The monoisotopic (exact) mass is 855 g/mol. The molecule has 314 valence electrons. The zero-order valence-corrected chi connectivity index (χ0v) is 37.5. The van der Waals surface area contributed by atoms with Gasteiger partial charge in [-0.05, 0) is 87.0 Å². The van der Waals surface area contributed by atoms with Crippen LogP contribution < -0.4 is 0 Å². The molecule has 3 heterocycles. The van der Waals surface area contributed by atoms with Crippen LogP contribution in [0.3, 0.4) is 0 Å². The van der Waals surface area contributed by atoms with Crippen LogP contribution >= 0.6 is 0 Å². The average molecular weight is 856 g/mol. The first kappa shape index (κ1) is 37.7. The molecule has 14 rings (SSSR count). The van der Waals surface area contributed by atoms with Gasteiger partial charge in [-0.3, -0.25) is 0 Å². The molecule has 0 saturated carbocycles. The fraction of sp³-hybridized carbons (Fsp3) is 0.0968. The van der Waals surface area contributed by atoms with Crippen LogP contribution in [0, 0.1) is 22.7 Å². The van der Waals surface area contributed by atoms with Gasteiger partial charge in [-0.25, -0.2) is 0 Å².